The molecule has 2 aromatic carbocycles. The van der Waals surface area contributed by atoms with E-state index in [1.807, 2.05) is 0 Å². The van der Waals surface area contributed by atoms with Crippen LogP contribution in [0.3, 0.4) is 0 Å². The van der Waals surface area contributed by atoms with Crippen LogP contribution in [0.15, 0.2) is 30.9 Å². The summed E-state index contributed by atoms with van der Waals surface area (Å²) in [7, 11) is 1.20. The summed E-state index contributed by atoms with van der Waals surface area (Å²) in [6.45, 7) is 3.89. The van der Waals surface area contributed by atoms with Crippen molar-refractivity contribution in [3.8, 4) is 23.0 Å². The number of halogens is 5. The lowest BCUT2D eigenvalue weighted by Gasteiger charge is -2.19. The standard InChI is InChI=1S/C24H18F5N5O3S/c1-3-15(35)34-7-6-10(9-34)37-21-12-8-13(24(27,28)29)16(17(26)18(12)32-23(33-21)36-2)11-4-5-14(25)20-19(11)31-22(30)38-20/h3-5,8,10H,1,6-7,9H2,2H3,(H2,30,31)/t10-/m1/s1. The first-order chi connectivity index (χ1) is 18.0. The second-order valence-corrected chi connectivity index (χ2v) is 9.39. The second-order valence-electron chi connectivity index (χ2n) is 8.36. The average molecular weight is 551 g/mol. The van der Waals surface area contributed by atoms with Crippen LogP contribution in [0.5, 0.6) is 11.9 Å². The molecule has 3 heterocycles. The van der Waals surface area contributed by atoms with Gasteiger partial charge in [0.2, 0.25) is 11.8 Å². The van der Waals surface area contributed by atoms with Crippen LogP contribution >= 0.6 is 11.3 Å². The van der Waals surface area contributed by atoms with Gasteiger partial charge in [-0.1, -0.05) is 17.9 Å². The summed E-state index contributed by atoms with van der Waals surface area (Å²) < 4.78 is 84.2. The zero-order valence-corrected chi connectivity index (χ0v) is 20.4. The van der Waals surface area contributed by atoms with E-state index in [1.165, 1.54) is 12.0 Å². The van der Waals surface area contributed by atoms with E-state index in [0.29, 0.717) is 19.0 Å². The number of carbonyl (C=O) groups excluding carboxylic acids is 1. The number of amides is 1. The van der Waals surface area contributed by atoms with Crippen molar-refractivity contribution >= 4 is 43.5 Å². The number of methoxy groups -OCH3 is 1. The van der Waals surface area contributed by atoms with Crippen LogP contribution in [0.2, 0.25) is 0 Å². The highest BCUT2D eigenvalue weighted by atomic mass is 32.1. The first-order valence-electron chi connectivity index (χ1n) is 11.1. The van der Waals surface area contributed by atoms with Gasteiger partial charge >= 0.3 is 12.2 Å². The molecular formula is C24H18F5N5O3S. The zero-order valence-electron chi connectivity index (χ0n) is 19.6. The van der Waals surface area contributed by atoms with Gasteiger partial charge in [0.1, 0.15) is 17.4 Å². The van der Waals surface area contributed by atoms with E-state index < -0.39 is 40.6 Å². The van der Waals surface area contributed by atoms with E-state index in [4.69, 9.17) is 15.2 Å². The Kier molecular flexibility index (Phi) is 6.29. The van der Waals surface area contributed by atoms with Crippen molar-refractivity contribution in [3.05, 3.63) is 48.1 Å². The molecule has 1 aliphatic heterocycles. The summed E-state index contributed by atoms with van der Waals surface area (Å²) in [6.07, 6.45) is -4.17. The van der Waals surface area contributed by atoms with Crippen LogP contribution in [0.4, 0.5) is 27.1 Å². The van der Waals surface area contributed by atoms with Gasteiger partial charge < -0.3 is 20.1 Å². The van der Waals surface area contributed by atoms with E-state index in [0.717, 1.165) is 29.5 Å². The fourth-order valence-electron chi connectivity index (χ4n) is 4.35. The van der Waals surface area contributed by atoms with Crippen molar-refractivity contribution in [2.75, 3.05) is 25.9 Å². The quantitative estimate of drug-likeness (QED) is 0.276. The molecule has 4 aromatic rings. The third-order valence-corrected chi connectivity index (χ3v) is 6.95. The molecule has 1 fully saturated rings. The minimum Gasteiger partial charge on any atom is -0.472 e. The van der Waals surface area contributed by atoms with Crippen molar-refractivity contribution in [3.63, 3.8) is 0 Å². The predicted octanol–water partition coefficient (Wildman–Crippen LogP) is 4.96. The molecule has 5 rings (SSSR count). The summed E-state index contributed by atoms with van der Waals surface area (Å²) >= 11 is 0.729. The molecule has 0 bridgehead atoms. The third-order valence-electron chi connectivity index (χ3n) is 6.05. The third kappa shape index (κ3) is 4.34. The number of rotatable bonds is 5. The number of benzene rings is 2. The maximum Gasteiger partial charge on any atom is 0.417 e. The Labute approximate surface area is 215 Å². The molecule has 198 valence electrons. The van der Waals surface area contributed by atoms with Gasteiger partial charge in [-0.25, -0.2) is 13.8 Å². The minimum absolute atomic E-state index is 0.0960. The van der Waals surface area contributed by atoms with Gasteiger partial charge in [-0.05, 0) is 24.3 Å². The molecule has 2 aromatic heterocycles. The number of anilines is 1. The molecule has 1 saturated heterocycles. The number of hydrogen-bond acceptors (Lipinski definition) is 8. The summed E-state index contributed by atoms with van der Waals surface area (Å²) in [5.41, 5.74) is 2.40. The molecule has 0 aliphatic carbocycles. The molecular weight excluding hydrogens is 533 g/mol. The number of alkyl halides is 3. The van der Waals surface area contributed by atoms with Crippen LogP contribution in [0.25, 0.3) is 32.2 Å². The first-order valence-corrected chi connectivity index (χ1v) is 11.9. The van der Waals surface area contributed by atoms with Crippen LogP contribution in [0.1, 0.15) is 12.0 Å². The lowest BCUT2D eigenvalue weighted by Crippen LogP contribution is -2.29. The Morgan fingerprint density at radius 2 is 2.00 bits per heavy atom. The van der Waals surface area contributed by atoms with Crippen molar-refractivity contribution in [1.82, 2.24) is 19.9 Å². The van der Waals surface area contributed by atoms with E-state index >= 15 is 4.39 Å². The van der Waals surface area contributed by atoms with Crippen molar-refractivity contribution in [2.45, 2.75) is 18.7 Å². The number of nitrogen functional groups attached to an aromatic ring is 1. The monoisotopic (exact) mass is 551 g/mol. The summed E-state index contributed by atoms with van der Waals surface area (Å²) in [6, 6.07) is 2.26. The fourth-order valence-corrected chi connectivity index (χ4v) is 5.12. The highest BCUT2D eigenvalue weighted by molar-refractivity contribution is 7.22. The van der Waals surface area contributed by atoms with Gasteiger partial charge in [0.25, 0.3) is 0 Å². The molecule has 0 spiro atoms. The molecule has 1 atom stereocenters. The second kappa shape index (κ2) is 9.35. The Morgan fingerprint density at radius 3 is 2.68 bits per heavy atom. The Balaban J connectivity index is 1.73. The molecule has 2 N–H and O–H groups in total. The number of aromatic nitrogens is 3. The lowest BCUT2D eigenvalue weighted by molar-refractivity contribution is -0.137. The van der Waals surface area contributed by atoms with Gasteiger partial charge in [-0.2, -0.15) is 23.1 Å². The van der Waals surface area contributed by atoms with Crippen molar-refractivity contribution < 1.29 is 36.2 Å². The topological polar surface area (TPSA) is 103 Å². The number of ether oxygens (including phenoxy) is 2. The maximum atomic E-state index is 16.1. The van der Waals surface area contributed by atoms with Crippen LogP contribution in [-0.4, -0.2) is 52.1 Å². The number of hydrogen-bond donors (Lipinski definition) is 1. The number of nitrogens with two attached hydrogens (primary N) is 1. The molecule has 14 heteroatoms. The van der Waals surface area contributed by atoms with Crippen LogP contribution in [-0.2, 0) is 11.0 Å². The van der Waals surface area contributed by atoms with Crippen LogP contribution < -0.4 is 15.2 Å². The molecule has 0 saturated carbocycles. The minimum atomic E-state index is -5.04. The summed E-state index contributed by atoms with van der Waals surface area (Å²) in [5.74, 6) is -2.78. The molecule has 1 aliphatic rings. The Hall–Kier alpha value is -4.07. The highest BCUT2D eigenvalue weighted by Crippen LogP contribution is 2.46. The van der Waals surface area contributed by atoms with Gasteiger partial charge in [0, 0.05) is 24.1 Å². The molecule has 1 amide bonds. The van der Waals surface area contributed by atoms with Crippen molar-refractivity contribution in [2.24, 2.45) is 0 Å². The highest BCUT2D eigenvalue weighted by Gasteiger charge is 2.38. The number of thiazole rings is 1. The van der Waals surface area contributed by atoms with Gasteiger partial charge in [-0.15, -0.1) is 0 Å². The summed E-state index contributed by atoms with van der Waals surface area (Å²) in [4.78, 5) is 25.3. The Bertz CT molecular complexity index is 1610. The number of carbonyl (C=O) groups is 1. The smallest absolute Gasteiger partial charge is 0.417 e. The average Bonchev–Trinajstić information content (AvgIpc) is 3.50. The molecule has 8 nitrogen and oxygen atoms in total. The largest absolute Gasteiger partial charge is 0.472 e. The van der Waals surface area contributed by atoms with E-state index in [2.05, 4.69) is 21.5 Å². The zero-order chi connectivity index (χ0) is 27.4. The Morgan fingerprint density at radius 1 is 1.24 bits per heavy atom. The summed E-state index contributed by atoms with van der Waals surface area (Å²) in [5, 5.41) is -0.453. The van der Waals surface area contributed by atoms with Crippen LogP contribution in [0, 0.1) is 11.6 Å². The normalized spacial score (nSPS) is 15.8. The van der Waals surface area contributed by atoms with E-state index in [9.17, 15) is 22.4 Å². The van der Waals surface area contributed by atoms with Gasteiger partial charge in [0.05, 0.1) is 34.8 Å². The maximum absolute atomic E-state index is 16.1. The fraction of sp³-hybridized carbons (Fsp3) is 0.250. The first kappa shape index (κ1) is 25.6. The number of nitrogens with zero attached hydrogens (tertiary/aromatic N) is 4. The van der Waals surface area contributed by atoms with E-state index in [1.54, 1.807) is 0 Å². The lowest BCUT2D eigenvalue weighted by atomic mass is 9.95. The van der Waals surface area contributed by atoms with Gasteiger partial charge in [-0.3, -0.25) is 4.79 Å². The van der Waals surface area contributed by atoms with E-state index in [-0.39, 0.29) is 50.6 Å². The number of fused-ring (bicyclic) bond motifs is 2. The molecule has 0 radical (unpaired) electrons. The van der Waals surface area contributed by atoms with Gasteiger partial charge in [0.15, 0.2) is 10.9 Å². The van der Waals surface area contributed by atoms with Crippen molar-refractivity contribution in [1.29, 1.82) is 0 Å². The molecule has 38 heavy (non-hydrogen) atoms. The SMILES string of the molecule is C=CC(=O)N1CC[C@@H](Oc2nc(OC)nc3c(F)c(-c4ccc(F)c5sc(N)nc45)c(C(F)(F)F)cc23)C1. The molecule has 0 unspecified atom stereocenters. The number of likely N-dealkylation sites (tertiary alicyclic amines) is 1. The predicted molar refractivity (Wildman–Crippen MR) is 130 cm³/mol.